The summed E-state index contributed by atoms with van der Waals surface area (Å²) in [4.78, 5) is 86.3. The number of aldehydes is 1. The molecule has 0 aliphatic heterocycles. The summed E-state index contributed by atoms with van der Waals surface area (Å²) in [6, 6.07) is 2.26. The van der Waals surface area contributed by atoms with Gasteiger partial charge in [0.15, 0.2) is 0 Å². The number of carbonyl (C=O) groups excluding carboxylic acids is 5. The molecule has 210 valence electrons. The maximum Gasteiger partial charge on any atom is 0.305 e. The van der Waals surface area contributed by atoms with E-state index in [9.17, 15) is 33.6 Å². The summed E-state index contributed by atoms with van der Waals surface area (Å²) in [7, 11) is 0. The molecule has 0 unspecified atom stereocenters. The molecule has 14 nitrogen and oxygen atoms in total. The van der Waals surface area contributed by atoms with Gasteiger partial charge in [0.2, 0.25) is 23.6 Å². The molecule has 7 N–H and O–H groups in total. The monoisotopic (exact) mass is 545 g/mol. The molecule has 14 heteroatoms. The van der Waals surface area contributed by atoms with Crippen LogP contribution in [0.2, 0.25) is 0 Å². The van der Waals surface area contributed by atoms with Crippen molar-refractivity contribution >= 4 is 52.8 Å². The number of aromatic nitrogens is 1. The van der Waals surface area contributed by atoms with Crippen molar-refractivity contribution in [2.24, 2.45) is 0 Å². The minimum atomic E-state index is -1.39. The van der Waals surface area contributed by atoms with Gasteiger partial charge in [-0.15, -0.1) is 0 Å². The second-order valence-corrected chi connectivity index (χ2v) is 8.89. The van der Waals surface area contributed by atoms with Crippen molar-refractivity contribution in [3.05, 3.63) is 36.0 Å². The number of carboxylic acids is 2. The first-order valence-corrected chi connectivity index (χ1v) is 12.0. The number of fused-ring (bicyclic) bond motifs is 1. The summed E-state index contributed by atoms with van der Waals surface area (Å²) >= 11 is 0. The van der Waals surface area contributed by atoms with Crippen molar-refractivity contribution in [1.82, 2.24) is 26.3 Å². The SMILES string of the molecule is CC(=O)N[C@@H](Cc1c[nH]c2ccccc12)C(=O)N[C@@H](CCC(=O)O)C(=O)N[C@@H](C)C(=O)N[C@H](C=O)CC(=O)O. The van der Waals surface area contributed by atoms with Gasteiger partial charge in [-0.2, -0.15) is 0 Å². The highest BCUT2D eigenvalue weighted by atomic mass is 16.4. The third-order valence-corrected chi connectivity index (χ3v) is 5.71. The Hall–Kier alpha value is -4.75. The number of hydrogen-bond acceptors (Lipinski definition) is 7. The Kier molecular flexibility index (Phi) is 11.1. The van der Waals surface area contributed by atoms with E-state index in [1.807, 2.05) is 24.3 Å². The van der Waals surface area contributed by atoms with Gasteiger partial charge in [-0.1, -0.05) is 18.2 Å². The second-order valence-electron chi connectivity index (χ2n) is 8.89. The lowest BCUT2D eigenvalue weighted by Crippen LogP contribution is -2.57. The smallest absolute Gasteiger partial charge is 0.305 e. The number of aromatic amines is 1. The van der Waals surface area contributed by atoms with Crippen LogP contribution in [0, 0.1) is 0 Å². The van der Waals surface area contributed by atoms with E-state index >= 15 is 0 Å². The first-order chi connectivity index (χ1) is 18.4. The molecule has 0 radical (unpaired) electrons. The molecular weight excluding hydrogens is 514 g/mol. The fourth-order valence-corrected chi connectivity index (χ4v) is 3.79. The van der Waals surface area contributed by atoms with E-state index < -0.39 is 72.6 Å². The van der Waals surface area contributed by atoms with E-state index in [1.165, 1.54) is 13.8 Å². The zero-order chi connectivity index (χ0) is 29.1. The van der Waals surface area contributed by atoms with Gasteiger partial charge in [0.1, 0.15) is 24.4 Å². The molecule has 0 aliphatic rings. The maximum atomic E-state index is 13.2. The van der Waals surface area contributed by atoms with Crippen molar-refractivity contribution in [1.29, 1.82) is 0 Å². The van der Waals surface area contributed by atoms with Crippen LogP contribution in [0.1, 0.15) is 38.7 Å². The Morgan fingerprint density at radius 3 is 2.18 bits per heavy atom. The highest BCUT2D eigenvalue weighted by molar-refractivity contribution is 5.95. The highest BCUT2D eigenvalue weighted by Gasteiger charge is 2.29. The van der Waals surface area contributed by atoms with Gasteiger partial charge < -0.3 is 41.3 Å². The molecular formula is C25H31N5O9. The van der Waals surface area contributed by atoms with Crippen LogP contribution in [-0.2, 0) is 40.0 Å². The molecule has 0 aliphatic carbocycles. The van der Waals surface area contributed by atoms with E-state index in [1.54, 1.807) is 6.20 Å². The molecule has 0 fully saturated rings. The summed E-state index contributed by atoms with van der Waals surface area (Å²) in [6.07, 6.45) is 0.534. The standard InChI is InChI=1S/C25H31N5O9/c1-13(23(37)29-16(12-31)10-22(35)36)27-24(38)19(7-8-21(33)34)30-25(39)20(28-14(2)32)9-15-11-26-18-6-4-3-5-17(15)18/h3-6,11-13,16,19-20,26H,7-10H2,1-2H3,(H,27,38)(H,28,32)(H,29,37)(H,30,39)(H,33,34)(H,35,36)/t13-,16-,19-,20-/m0/s1. The number of benzene rings is 1. The number of hydrogen-bond donors (Lipinski definition) is 7. The first-order valence-electron chi connectivity index (χ1n) is 12.0. The average Bonchev–Trinajstić information content (AvgIpc) is 3.27. The second kappa shape index (κ2) is 14.3. The minimum Gasteiger partial charge on any atom is -0.481 e. The first kappa shape index (κ1) is 30.5. The summed E-state index contributed by atoms with van der Waals surface area (Å²) in [5.74, 6) is -5.55. The molecule has 1 heterocycles. The van der Waals surface area contributed by atoms with Gasteiger partial charge >= 0.3 is 11.9 Å². The lowest BCUT2D eigenvalue weighted by atomic mass is 10.0. The van der Waals surface area contributed by atoms with E-state index in [2.05, 4.69) is 26.3 Å². The molecule has 0 saturated heterocycles. The number of carboxylic acid groups (broad SMARTS) is 2. The summed E-state index contributed by atoms with van der Waals surface area (Å²) in [5.41, 5.74) is 1.54. The summed E-state index contributed by atoms with van der Waals surface area (Å²) in [5, 5.41) is 28.2. The van der Waals surface area contributed by atoms with Crippen LogP contribution in [0.25, 0.3) is 10.9 Å². The number of amides is 4. The number of nitrogens with one attached hydrogen (secondary N) is 5. The molecule has 4 atom stereocenters. The number of aliphatic carboxylic acids is 2. The average molecular weight is 546 g/mol. The third kappa shape index (κ3) is 9.57. The summed E-state index contributed by atoms with van der Waals surface area (Å²) < 4.78 is 0. The molecule has 0 spiro atoms. The zero-order valence-corrected chi connectivity index (χ0v) is 21.4. The Morgan fingerprint density at radius 2 is 1.56 bits per heavy atom. The zero-order valence-electron chi connectivity index (χ0n) is 21.4. The molecule has 39 heavy (non-hydrogen) atoms. The Labute approximate surface area is 222 Å². The van der Waals surface area contributed by atoms with E-state index in [0.717, 1.165) is 16.5 Å². The topological polar surface area (TPSA) is 224 Å². The maximum absolute atomic E-state index is 13.2. The van der Waals surface area contributed by atoms with Crippen molar-refractivity contribution in [3.8, 4) is 0 Å². The quantitative estimate of drug-likeness (QED) is 0.139. The predicted octanol–water partition coefficient (Wildman–Crippen LogP) is -0.772. The Bertz CT molecular complexity index is 1240. The molecule has 2 rings (SSSR count). The molecule has 0 bridgehead atoms. The lowest BCUT2D eigenvalue weighted by molar-refractivity contribution is -0.140. The van der Waals surface area contributed by atoms with Gasteiger partial charge in [0.05, 0.1) is 12.5 Å². The van der Waals surface area contributed by atoms with Gasteiger partial charge in [-0.05, 0) is 25.0 Å². The van der Waals surface area contributed by atoms with Gasteiger partial charge in [0, 0.05) is 36.9 Å². The molecule has 4 amide bonds. The van der Waals surface area contributed by atoms with E-state index in [0.29, 0.717) is 0 Å². The van der Waals surface area contributed by atoms with Gasteiger partial charge in [-0.3, -0.25) is 28.8 Å². The fraction of sp³-hybridized carbons (Fsp3) is 0.400. The van der Waals surface area contributed by atoms with Crippen LogP contribution < -0.4 is 21.3 Å². The normalized spacial score (nSPS) is 13.8. The van der Waals surface area contributed by atoms with E-state index in [4.69, 9.17) is 10.2 Å². The number of rotatable bonds is 15. The minimum absolute atomic E-state index is 0.0676. The number of H-pyrrole nitrogens is 1. The van der Waals surface area contributed by atoms with Crippen LogP contribution in [0.4, 0.5) is 0 Å². The van der Waals surface area contributed by atoms with Gasteiger partial charge in [0.25, 0.3) is 0 Å². The van der Waals surface area contributed by atoms with Crippen LogP contribution in [-0.4, -0.2) is 81.2 Å². The predicted molar refractivity (Wildman–Crippen MR) is 136 cm³/mol. The molecule has 1 aromatic heterocycles. The summed E-state index contributed by atoms with van der Waals surface area (Å²) in [6.45, 7) is 2.49. The van der Waals surface area contributed by atoms with Crippen molar-refractivity contribution in [3.63, 3.8) is 0 Å². The molecule has 2 aromatic rings. The Balaban J connectivity index is 2.16. The molecule has 1 aromatic carbocycles. The van der Waals surface area contributed by atoms with Crippen LogP contribution in [0.3, 0.4) is 0 Å². The van der Waals surface area contributed by atoms with Crippen molar-refractivity contribution in [2.75, 3.05) is 0 Å². The molecule has 0 saturated carbocycles. The number of carbonyl (C=O) groups is 7. The van der Waals surface area contributed by atoms with Crippen LogP contribution >= 0.6 is 0 Å². The fourth-order valence-electron chi connectivity index (χ4n) is 3.79. The lowest BCUT2D eigenvalue weighted by Gasteiger charge is -2.24. The number of para-hydroxylation sites is 1. The van der Waals surface area contributed by atoms with Crippen LogP contribution in [0.15, 0.2) is 30.5 Å². The van der Waals surface area contributed by atoms with Crippen molar-refractivity contribution < 1.29 is 43.8 Å². The van der Waals surface area contributed by atoms with Gasteiger partial charge in [-0.25, -0.2) is 0 Å². The van der Waals surface area contributed by atoms with Crippen LogP contribution in [0.5, 0.6) is 0 Å². The Morgan fingerprint density at radius 1 is 0.897 bits per heavy atom. The van der Waals surface area contributed by atoms with E-state index in [-0.39, 0.29) is 19.1 Å². The highest BCUT2D eigenvalue weighted by Crippen LogP contribution is 2.19. The largest absolute Gasteiger partial charge is 0.481 e. The van der Waals surface area contributed by atoms with Crippen molar-refractivity contribution in [2.45, 2.75) is 63.7 Å². The third-order valence-electron chi connectivity index (χ3n) is 5.71.